The van der Waals surface area contributed by atoms with E-state index >= 15 is 0 Å². The number of carbonyl (C=O) groups is 2. The van der Waals surface area contributed by atoms with Gasteiger partial charge in [-0.25, -0.2) is 4.79 Å². The standard InChI is InChI=1S/C22H35N3O4/c1-17(2)25(22(27)23-18-8-4-3-5-9-18)16-21(26)24(14-19-10-6-12-28-19)15-20-11-7-13-29-20/h6,10,12,17-18,20H,3-5,7-9,11,13-16H2,1-2H3,(H,23,27). The summed E-state index contributed by atoms with van der Waals surface area (Å²) in [5.41, 5.74) is 0. The number of ether oxygens (including phenoxy) is 1. The lowest BCUT2D eigenvalue weighted by atomic mass is 9.96. The van der Waals surface area contributed by atoms with Crippen molar-refractivity contribution >= 4 is 11.9 Å². The van der Waals surface area contributed by atoms with E-state index in [4.69, 9.17) is 9.15 Å². The van der Waals surface area contributed by atoms with Crippen LogP contribution in [0.4, 0.5) is 4.79 Å². The third-order valence-electron chi connectivity index (χ3n) is 5.85. The molecule has 2 heterocycles. The first-order valence-electron chi connectivity index (χ1n) is 11.0. The largest absolute Gasteiger partial charge is 0.467 e. The smallest absolute Gasteiger partial charge is 0.318 e. The molecule has 1 aliphatic heterocycles. The van der Waals surface area contributed by atoms with Crippen molar-refractivity contribution in [3.63, 3.8) is 0 Å². The summed E-state index contributed by atoms with van der Waals surface area (Å²) in [4.78, 5) is 29.5. The first-order valence-corrected chi connectivity index (χ1v) is 11.0. The minimum Gasteiger partial charge on any atom is -0.467 e. The maximum atomic E-state index is 13.2. The lowest BCUT2D eigenvalue weighted by Gasteiger charge is -2.32. The predicted octanol–water partition coefficient (Wildman–Crippen LogP) is 3.54. The van der Waals surface area contributed by atoms with Gasteiger partial charge in [0.15, 0.2) is 0 Å². The molecule has 7 nitrogen and oxygen atoms in total. The number of nitrogens with one attached hydrogen (secondary N) is 1. The zero-order valence-corrected chi connectivity index (χ0v) is 17.8. The van der Waals surface area contributed by atoms with Gasteiger partial charge in [0.05, 0.1) is 18.9 Å². The van der Waals surface area contributed by atoms with Gasteiger partial charge in [0, 0.05) is 25.2 Å². The van der Waals surface area contributed by atoms with E-state index in [2.05, 4.69) is 5.32 Å². The molecular formula is C22H35N3O4. The minimum absolute atomic E-state index is 0.0532. The number of nitrogens with zero attached hydrogens (tertiary/aromatic N) is 2. The quantitative estimate of drug-likeness (QED) is 0.718. The molecule has 2 fully saturated rings. The van der Waals surface area contributed by atoms with Gasteiger partial charge in [-0.15, -0.1) is 0 Å². The van der Waals surface area contributed by atoms with Gasteiger partial charge in [0.2, 0.25) is 5.91 Å². The SMILES string of the molecule is CC(C)N(CC(=O)N(Cc1ccco1)CC1CCCO1)C(=O)NC1CCCCC1. The summed E-state index contributed by atoms with van der Waals surface area (Å²) < 4.78 is 11.2. The molecule has 29 heavy (non-hydrogen) atoms. The van der Waals surface area contributed by atoms with Gasteiger partial charge in [0.1, 0.15) is 12.3 Å². The first-order chi connectivity index (χ1) is 14.0. The Morgan fingerprint density at radius 1 is 1.17 bits per heavy atom. The maximum absolute atomic E-state index is 13.2. The van der Waals surface area contributed by atoms with E-state index in [1.807, 2.05) is 26.0 Å². The minimum atomic E-state index is -0.143. The zero-order valence-electron chi connectivity index (χ0n) is 17.8. The molecule has 0 bridgehead atoms. The van der Waals surface area contributed by atoms with Crippen molar-refractivity contribution in [1.29, 1.82) is 0 Å². The molecule has 3 rings (SSSR count). The second kappa shape index (κ2) is 10.7. The van der Waals surface area contributed by atoms with Crippen molar-refractivity contribution in [2.24, 2.45) is 0 Å². The summed E-state index contributed by atoms with van der Waals surface area (Å²) in [5, 5.41) is 3.14. The molecule has 1 atom stereocenters. The normalized spacial score (nSPS) is 20.0. The van der Waals surface area contributed by atoms with Crippen LogP contribution >= 0.6 is 0 Å². The second-order valence-corrected chi connectivity index (χ2v) is 8.49. The van der Waals surface area contributed by atoms with Gasteiger partial charge in [-0.2, -0.15) is 0 Å². The number of carbonyl (C=O) groups excluding carboxylic acids is 2. The molecule has 3 amide bonds. The molecule has 0 spiro atoms. The lowest BCUT2D eigenvalue weighted by molar-refractivity contribution is -0.134. The molecule has 1 saturated heterocycles. The number of amides is 3. The van der Waals surface area contributed by atoms with Crippen LogP contribution < -0.4 is 5.32 Å². The number of hydrogen-bond acceptors (Lipinski definition) is 4. The molecule has 1 aliphatic carbocycles. The average molecular weight is 406 g/mol. The monoisotopic (exact) mass is 405 g/mol. The van der Waals surface area contributed by atoms with Gasteiger partial charge in [-0.1, -0.05) is 19.3 Å². The molecule has 2 aliphatic rings. The highest BCUT2D eigenvalue weighted by atomic mass is 16.5. The van der Waals surface area contributed by atoms with Crippen LogP contribution in [0.1, 0.15) is 64.6 Å². The van der Waals surface area contributed by atoms with Crippen LogP contribution in [-0.4, -0.2) is 59.6 Å². The van der Waals surface area contributed by atoms with E-state index in [-0.39, 0.29) is 36.7 Å². The van der Waals surface area contributed by atoms with Gasteiger partial charge in [-0.3, -0.25) is 4.79 Å². The number of urea groups is 1. The van der Waals surface area contributed by atoms with Crippen molar-refractivity contribution in [2.45, 2.75) is 83.5 Å². The van der Waals surface area contributed by atoms with Crippen LogP contribution in [0.15, 0.2) is 22.8 Å². The van der Waals surface area contributed by atoms with E-state index in [9.17, 15) is 9.59 Å². The summed E-state index contributed by atoms with van der Waals surface area (Å²) in [6.07, 6.45) is 9.25. The summed E-state index contributed by atoms with van der Waals surface area (Å²) in [6.45, 7) is 5.62. The van der Waals surface area contributed by atoms with Gasteiger partial charge in [-0.05, 0) is 51.7 Å². The highest BCUT2D eigenvalue weighted by Gasteiger charge is 2.28. The summed E-state index contributed by atoms with van der Waals surface area (Å²) in [6, 6.07) is 3.71. The third-order valence-corrected chi connectivity index (χ3v) is 5.85. The average Bonchev–Trinajstić information content (AvgIpc) is 3.40. The van der Waals surface area contributed by atoms with Crippen molar-refractivity contribution in [2.75, 3.05) is 19.7 Å². The molecule has 7 heteroatoms. The maximum Gasteiger partial charge on any atom is 0.318 e. The van der Waals surface area contributed by atoms with E-state index < -0.39 is 0 Å². The molecular weight excluding hydrogens is 370 g/mol. The number of rotatable bonds is 8. The predicted molar refractivity (Wildman–Crippen MR) is 110 cm³/mol. The molecule has 1 aromatic rings. The molecule has 1 aromatic heterocycles. The summed E-state index contributed by atoms with van der Waals surface area (Å²) in [7, 11) is 0. The fourth-order valence-corrected chi connectivity index (χ4v) is 4.12. The fraction of sp³-hybridized carbons (Fsp3) is 0.727. The van der Waals surface area contributed by atoms with Gasteiger partial charge >= 0.3 is 6.03 Å². The highest BCUT2D eigenvalue weighted by Crippen LogP contribution is 2.19. The Labute approximate surface area is 173 Å². The molecule has 1 unspecified atom stereocenters. The number of hydrogen-bond donors (Lipinski definition) is 1. The van der Waals surface area contributed by atoms with E-state index in [0.29, 0.717) is 13.1 Å². The molecule has 0 aromatic carbocycles. The van der Waals surface area contributed by atoms with E-state index in [1.165, 1.54) is 6.42 Å². The van der Waals surface area contributed by atoms with Crippen molar-refractivity contribution in [3.05, 3.63) is 24.2 Å². The summed E-state index contributed by atoms with van der Waals surface area (Å²) in [5.74, 6) is 0.656. The Bertz CT molecular complexity index is 634. The Morgan fingerprint density at radius 2 is 1.97 bits per heavy atom. The third kappa shape index (κ3) is 6.49. The van der Waals surface area contributed by atoms with E-state index in [1.54, 1.807) is 16.1 Å². The zero-order chi connectivity index (χ0) is 20.6. The Kier molecular flexibility index (Phi) is 7.98. The van der Waals surface area contributed by atoms with Gasteiger partial charge < -0.3 is 24.3 Å². The van der Waals surface area contributed by atoms with Crippen molar-refractivity contribution in [1.82, 2.24) is 15.1 Å². The van der Waals surface area contributed by atoms with Crippen LogP contribution in [0.25, 0.3) is 0 Å². The first kappa shape index (κ1) is 21.7. The Hall–Kier alpha value is -2.02. The van der Waals surface area contributed by atoms with Crippen LogP contribution in [0.5, 0.6) is 0 Å². The van der Waals surface area contributed by atoms with Crippen LogP contribution in [0.2, 0.25) is 0 Å². The molecule has 162 valence electrons. The lowest BCUT2D eigenvalue weighted by Crippen LogP contribution is -2.52. The Balaban J connectivity index is 1.62. The molecule has 1 saturated carbocycles. The molecule has 1 N–H and O–H groups in total. The number of furan rings is 1. The Morgan fingerprint density at radius 3 is 2.59 bits per heavy atom. The molecule has 0 radical (unpaired) electrons. The topological polar surface area (TPSA) is 75.0 Å². The fourth-order valence-electron chi connectivity index (χ4n) is 4.12. The second-order valence-electron chi connectivity index (χ2n) is 8.49. The van der Waals surface area contributed by atoms with Crippen molar-refractivity contribution in [3.8, 4) is 0 Å². The summed E-state index contributed by atoms with van der Waals surface area (Å²) >= 11 is 0. The van der Waals surface area contributed by atoms with Crippen LogP contribution in [0.3, 0.4) is 0 Å². The van der Waals surface area contributed by atoms with Gasteiger partial charge in [0.25, 0.3) is 0 Å². The van der Waals surface area contributed by atoms with Crippen molar-refractivity contribution < 1.29 is 18.7 Å². The van der Waals surface area contributed by atoms with E-state index in [0.717, 1.165) is 50.9 Å². The highest BCUT2D eigenvalue weighted by molar-refractivity contribution is 5.84. The van der Waals surface area contributed by atoms with Crippen LogP contribution in [0, 0.1) is 0 Å². The van der Waals surface area contributed by atoms with Crippen LogP contribution in [-0.2, 0) is 16.1 Å².